The van der Waals surface area contributed by atoms with Crippen molar-refractivity contribution in [2.45, 2.75) is 71.1 Å². The van der Waals surface area contributed by atoms with Crippen LogP contribution in [0.25, 0.3) is 11.3 Å². The van der Waals surface area contributed by atoms with Crippen LogP contribution >= 0.6 is 0 Å². The Labute approximate surface area is 230 Å². The molecule has 1 aliphatic rings. The van der Waals surface area contributed by atoms with E-state index in [4.69, 9.17) is 15.5 Å². The Morgan fingerprint density at radius 3 is 2.62 bits per heavy atom. The molecule has 1 fully saturated rings. The van der Waals surface area contributed by atoms with Gasteiger partial charge in [0.15, 0.2) is 5.03 Å². The van der Waals surface area contributed by atoms with Crippen LogP contribution in [0.1, 0.15) is 63.4 Å². The van der Waals surface area contributed by atoms with Crippen LogP contribution in [0.4, 0.5) is 11.6 Å². The van der Waals surface area contributed by atoms with Gasteiger partial charge in [-0.05, 0) is 76.8 Å². The number of rotatable bonds is 8. The standard InChI is InChI=1S/C28H36N6O4S/c1-7-19(4)38-27-17(2)15-20(16-30-27)22-12-11-21(25(31-22)34-14-13-18(3)28(34,5)6)26(35)33-39(36,37)24-10-8-9-23(29)32-24/h8-12,15-16,18-19H,7,13-14H2,1-6H3,(H2,29,32)(H,33,35)/t18?,19-/m1/s1. The van der Waals surface area contributed by atoms with Gasteiger partial charge >= 0.3 is 0 Å². The number of ether oxygens (including phenoxy) is 1. The Bertz CT molecular complexity index is 1490. The number of nitrogens with zero attached hydrogens (tertiary/aromatic N) is 4. The smallest absolute Gasteiger partial charge is 0.281 e. The van der Waals surface area contributed by atoms with Crippen LogP contribution in [-0.4, -0.2) is 47.5 Å². The summed E-state index contributed by atoms with van der Waals surface area (Å²) in [6.07, 6.45) is 3.52. The van der Waals surface area contributed by atoms with Gasteiger partial charge in [0.1, 0.15) is 11.6 Å². The number of anilines is 2. The van der Waals surface area contributed by atoms with E-state index in [0.29, 0.717) is 29.9 Å². The molecule has 0 aromatic carbocycles. The van der Waals surface area contributed by atoms with Crippen LogP contribution in [0.3, 0.4) is 0 Å². The van der Waals surface area contributed by atoms with Crippen LogP contribution in [0.2, 0.25) is 0 Å². The highest BCUT2D eigenvalue weighted by molar-refractivity contribution is 7.90. The number of pyridine rings is 3. The molecular weight excluding hydrogens is 516 g/mol. The fraction of sp³-hybridized carbons (Fsp3) is 0.429. The first-order chi connectivity index (χ1) is 18.3. The molecule has 1 amide bonds. The maximum absolute atomic E-state index is 13.4. The maximum Gasteiger partial charge on any atom is 0.281 e. The van der Waals surface area contributed by atoms with Crippen molar-refractivity contribution in [3.8, 4) is 17.1 Å². The fourth-order valence-electron chi connectivity index (χ4n) is 4.51. The van der Waals surface area contributed by atoms with Crippen LogP contribution < -0.4 is 20.1 Å². The van der Waals surface area contributed by atoms with E-state index in [1.807, 2.05) is 19.9 Å². The highest BCUT2D eigenvalue weighted by Gasteiger charge is 2.41. The van der Waals surface area contributed by atoms with E-state index in [9.17, 15) is 13.2 Å². The predicted octanol–water partition coefficient (Wildman–Crippen LogP) is 4.35. The van der Waals surface area contributed by atoms with Crippen molar-refractivity contribution in [2.75, 3.05) is 17.2 Å². The summed E-state index contributed by atoms with van der Waals surface area (Å²) in [5.41, 5.74) is 7.74. The summed E-state index contributed by atoms with van der Waals surface area (Å²) in [5.74, 6) is 0.552. The molecule has 1 aliphatic heterocycles. The predicted molar refractivity (Wildman–Crippen MR) is 151 cm³/mol. The van der Waals surface area contributed by atoms with Crippen molar-refractivity contribution >= 4 is 27.6 Å². The number of aryl methyl sites for hydroxylation is 1. The molecule has 39 heavy (non-hydrogen) atoms. The van der Waals surface area contributed by atoms with Crippen molar-refractivity contribution in [3.63, 3.8) is 0 Å². The molecule has 2 atom stereocenters. The monoisotopic (exact) mass is 552 g/mol. The van der Waals surface area contributed by atoms with Crippen molar-refractivity contribution < 1.29 is 17.9 Å². The van der Waals surface area contributed by atoms with E-state index in [-0.39, 0.29) is 28.1 Å². The number of carbonyl (C=O) groups excluding carboxylic acids is 1. The van der Waals surface area contributed by atoms with Gasteiger partial charge in [-0.2, -0.15) is 8.42 Å². The quantitative estimate of drug-likeness (QED) is 0.417. The highest BCUT2D eigenvalue weighted by Crippen LogP contribution is 2.39. The molecule has 0 bridgehead atoms. The summed E-state index contributed by atoms with van der Waals surface area (Å²) < 4.78 is 33.9. The first-order valence-corrected chi connectivity index (χ1v) is 14.5. The number of hydrogen-bond acceptors (Lipinski definition) is 9. The zero-order valence-corrected chi connectivity index (χ0v) is 24.0. The van der Waals surface area contributed by atoms with Gasteiger partial charge in [-0.3, -0.25) is 4.79 Å². The van der Waals surface area contributed by atoms with E-state index in [0.717, 1.165) is 24.0 Å². The lowest BCUT2D eigenvalue weighted by atomic mass is 9.90. The van der Waals surface area contributed by atoms with Gasteiger partial charge in [0.25, 0.3) is 15.9 Å². The van der Waals surface area contributed by atoms with Crippen molar-refractivity contribution in [3.05, 3.63) is 53.7 Å². The zero-order valence-electron chi connectivity index (χ0n) is 23.2. The summed E-state index contributed by atoms with van der Waals surface area (Å²) in [6, 6.07) is 9.47. The van der Waals surface area contributed by atoms with Gasteiger partial charge in [-0.15, -0.1) is 0 Å². The van der Waals surface area contributed by atoms with E-state index in [1.54, 1.807) is 18.3 Å². The van der Waals surface area contributed by atoms with Gasteiger partial charge < -0.3 is 15.4 Å². The summed E-state index contributed by atoms with van der Waals surface area (Å²) >= 11 is 0. The molecule has 0 radical (unpaired) electrons. The summed E-state index contributed by atoms with van der Waals surface area (Å²) in [6.45, 7) is 13.0. The number of nitrogen functional groups attached to an aromatic ring is 1. The third-order valence-electron chi connectivity index (χ3n) is 7.52. The lowest BCUT2D eigenvalue weighted by Gasteiger charge is -2.36. The molecule has 3 aromatic rings. The van der Waals surface area contributed by atoms with Gasteiger partial charge in [-0.1, -0.05) is 19.9 Å². The van der Waals surface area contributed by atoms with Crippen molar-refractivity contribution in [2.24, 2.45) is 5.92 Å². The number of carbonyl (C=O) groups is 1. The molecule has 0 aliphatic carbocycles. The summed E-state index contributed by atoms with van der Waals surface area (Å²) in [5, 5.41) is -0.335. The average molecular weight is 553 g/mol. The van der Waals surface area contributed by atoms with E-state index < -0.39 is 15.9 Å². The number of nitrogens with two attached hydrogens (primary N) is 1. The Morgan fingerprint density at radius 2 is 2.00 bits per heavy atom. The van der Waals surface area contributed by atoms with E-state index in [2.05, 4.69) is 47.3 Å². The van der Waals surface area contributed by atoms with Gasteiger partial charge in [0.2, 0.25) is 5.88 Å². The highest BCUT2D eigenvalue weighted by atomic mass is 32.2. The molecule has 1 saturated heterocycles. The summed E-state index contributed by atoms with van der Waals surface area (Å²) in [4.78, 5) is 28.7. The number of aromatic nitrogens is 3. The molecule has 4 rings (SSSR count). The Morgan fingerprint density at radius 1 is 1.26 bits per heavy atom. The minimum atomic E-state index is -4.26. The molecule has 0 saturated carbocycles. The number of nitrogens with one attached hydrogen (secondary N) is 1. The molecule has 4 heterocycles. The second-order valence-electron chi connectivity index (χ2n) is 10.6. The molecular formula is C28H36N6O4S. The van der Waals surface area contributed by atoms with Gasteiger partial charge in [0, 0.05) is 29.4 Å². The molecule has 208 valence electrons. The number of amides is 1. The van der Waals surface area contributed by atoms with Crippen LogP contribution in [-0.2, 0) is 10.0 Å². The third-order valence-corrected chi connectivity index (χ3v) is 8.76. The Balaban J connectivity index is 1.74. The molecule has 10 nitrogen and oxygen atoms in total. The molecule has 3 N–H and O–H groups in total. The topological polar surface area (TPSA) is 140 Å². The maximum atomic E-state index is 13.4. The average Bonchev–Trinajstić information content (AvgIpc) is 3.16. The normalized spacial score (nSPS) is 17.6. The fourth-order valence-corrected chi connectivity index (χ4v) is 5.45. The van der Waals surface area contributed by atoms with E-state index in [1.165, 1.54) is 18.2 Å². The Kier molecular flexibility index (Phi) is 7.83. The minimum absolute atomic E-state index is 0.0364. The first-order valence-electron chi connectivity index (χ1n) is 13.1. The van der Waals surface area contributed by atoms with Crippen LogP contribution in [0.15, 0.2) is 47.6 Å². The lowest BCUT2D eigenvalue weighted by Crippen LogP contribution is -2.43. The summed E-state index contributed by atoms with van der Waals surface area (Å²) in [7, 11) is -4.26. The van der Waals surface area contributed by atoms with Gasteiger partial charge in [0.05, 0.1) is 17.4 Å². The van der Waals surface area contributed by atoms with E-state index >= 15 is 0 Å². The largest absolute Gasteiger partial charge is 0.474 e. The van der Waals surface area contributed by atoms with Crippen LogP contribution in [0.5, 0.6) is 5.88 Å². The molecule has 3 aromatic heterocycles. The van der Waals surface area contributed by atoms with Crippen molar-refractivity contribution in [1.29, 1.82) is 0 Å². The van der Waals surface area contributed by atoms with Gasteiger partial charge in [-0.25, -0.2) is 19.7 Å². The molecule has 11 heteroatoms. The first kappa shape index (κ1) is 28.3. The zero-order chi connectivity index (χ0) is 28.5. The molecule has 1 unspecified atom stereocenters. The molecule has 0 spiro atoms. The third kappa shape index (κ3) is 5.83. The minimum Gasteiger partial charge on any atom is -0.474 e. The number of sulfonamides is 1. The SMILES string of the molecule is CC[C@@H](C)Oc1ncc(-c2ccc(C(=O)NS(=O)(=O)c3cccc(N)n3)c(N3CCC(C)C3(C)C)n2)cc1C. The number of hydrogen-bond donors (Lipinski definition) is 2. The second kappa shape index (κ2) is 10.8. The lowest BCUT2D eigenvalue weighted by molar-refractivity contribution is 0.0981. The van der Waals surface area contributed by atoms with Crippen LogP contribution in [0, 0.1) is 12.8 Å². The Hall–Kier alpha value is -3.73. The second-order valence-corrected chi connectivity index (χ2v) is 12.2. The van der Waals surface area contributed by atoms with Crippen molar-refractivity contribution in [1.82, 2.24) is 19.7 Å².